The average molecular weight is 163 g/mol. The van der Waals surface area contributed by atoms with E-state index in [1.54, 1.807) is 12.4 Å². The maximum absolute atomic E-state index is 10.0. The Labute approximate surface area is 63.9 Å². The molecule has 0 unspecified atom stereocenters. The third-order valence-electron chi connectivity index (χ3n) is 0.877. The Balaban J connectivity index is 0.000000810. The van der Waals surface area contributed by atoms with Crippen LogP contribution in [0.15, 0.2) is 18.7 Å². The SMILES string of the molecule is Cl.O=C(O)Cn1ccnc1. The molecule has 0 saturated heterocycles. The summed E-state index contributed by atoms with van der Waals surface area (Å²) in [6.45, 7) is -0.0139. The molecule has 0 bridgehead atoms. The van der Waals surface area contributed by atoms with Gasteiger partial charge in [0.05, 0.1) is 6.33 Å². The summed E-state index contributed by atoms with van der Waals surface area (Å²) >= 11 is 0. The zero-order valence-electron chi connectivity index (χ0n) is 5.10. The summed E-state index contributed by atoms with van der Waals surface area (Å²) in [4.78, 5) is 13.7. The molecule has 1 rings (SSSR count). The van der Waals surface area contributed by atoms with Gasteiger partial charge in [0, 0.05) is 12.4 Å². The lowest BCUT2D eigenvalue weighted by molar-refractivity contribution is -0.137. The zero-order valence-corrected chi connectivity index (χ0v) is 5.91. The molecule has 0 fully saturated rings. The Hall–Kier alpha value is -1.03. The predicted octanol–water partition coefficient (Wildman–Crippen LogP) is 0.389. The van der Waals surface area contributed by atoms with E-state index in [4.69, 9.17) is 5.11 Å². The van der Waals surface area contributed by atoms with E-state index in [0.29, 0.717) is 0 Å². The maximum Gasteiger partial charge on any atom is 0.323 e. The largest absolute Gasteiger partial charge is 0.480 e. The highest BCUT2D eigenvalue weighted by atomic mass is 35.5. The number of carboxylic acids is 1. The van der Waals surface area contributed by atoms with Gasteiger partial charge in [0.25, 0.3) is 0 Å². The van der Waals surface area contributed by atoms with Crippen LogP contribution in [0.4, 0.5) is 0 Å². The molecule has 0 atom stereocenters. The maximum atomic E-state index is 10.0. The molecule has 0 aromatic carbocycles. The molecule has 1 N–H and O–H groups in total. The number of rotatable bonds is 2. The van der Waals surface area contributed by atoms with E-state index in [9.17, 15) is 4.79 Å². The van der Waals surface area contributed by atoms with Gasteiger partial charge in [0.15, 0.2) is 0 Å². The lowest BCUT2D eigenvalue weighted by Crippen LogP contribution is -2.05. The number of nitrogens with zero attached hydrogens (tertiary/aromatic N) is 2. The molecule has 0 aliphatic heterocycles. The third-order valence-corrected chi connectivity index (χ3v) is 0.877. The van der Waals surface area contributed by atoms with Gasteiger partial charge >= 0.3 is 5.97 Å². The Morgan fingerprint density at radius 3 is 2.80 bits per heavy atom. The van der Waals surface area contributed by atoms with Crippen LogP contribution in [0.25, 0.3) is 0 Å². The highest BCUT2D eigenvalue weighted by Gasteiger charge is 1.94. The Kier molecular flexibility index (Phi) is 3.49. The minimum atomic E-state index is -0.854. The quantitative estimate of drug-likeness (QED) is 0.685. The van der Waals surface area contributed by atoms with Crippen molar-refractivity contribution in [3.05, 3.63) is 18.7 Å². The lowest BCUT2D eigenvalue weighted by Gasteiger charge is -1.91. The molecule has 0 aliphatic rings. The van der Waals surface area contributed by atoms with E-state index in [-0.39, 0.29) is 19.0 Å². The molecule has 0 amide bonds. The molecule has 0 radical (unpaired) electrons. The summed E-state index contributed by atoms with van der Waals surface area (Å²) in [6, 6.07) is 0. The van der Waals surface area contributed by atoms with Crippen LogP contribution < -0.4 is 0 Å². The van der Waals surface area contributed by atoms with E-state index in [2.05, 4.69) is 4.98 Å². The first-order valence-corrected chi connectivity index (χ1v) is 2.46. The first-order valence-electron chi connectivity index (χ1n) is 2.46. The summed E-state index contributed by atoms with van der Waals surface area (Å²) in [5, 5.41) is 8.24. The van der Waals surface area contributed by atoms with Crippen molar-refractivity contribution < 1.29 is 9.90 Å². The molecular formula is C5H7ClN2O2. The van der Waals surface area contributed by atoms with Gasteiger partial charge in [-0.3, -0.25) is 4.79 Å². The van der Waals surface area contributed by atoms with Gasteiger partial charge in [-0.2, -0.15) is 0 Å². The van der Waals surface area contributed by atoms with Gasteiger partial charge in [0.1, 0.15) is 6.54 Å². The van der Waals surface area contributed by atoms with Crippen molar-refractivity contribution in [1.29, 1.82) is 0 Å². The van der Waals surface area contributed by atoms with Crippen LogP contribution in [0.1, 0.15) is 0 Å². The van der Waals surface area contributed by atoms with Crippen molar-refractivity contribution in [2.75, 3.05) is 0 Å². The van der Waals surface area contributed by atoms with Crippen molar-refractivity contribution in [3.8, 4) is 0 Å². The minimum Gasteiger partial charge on any atom is -0.480 e. The van der Waals surface area contributed by atoms with Crippen LogP contribution in [-0.2, 0) is 11.3 Å². The van der Waals surface area contributed by atoms with Crippen LogP contribution >= 0.6 is 12.4 Å². The van der Waals surface area contributed by atoms with Crippen molar-refractivity contribution in [2.45, 2.75) is 6.54 Å². The topological polar surface area (TPSA) is 55.1 Å². The van der Waals surface area contributed by atoms with Gasteiger partial charge in [-0.05, 0) is 0 Å². The van der Waals surface area contributed by atoms with Crippen LogP contribution in [-0.4, -0.2) is 20.6 Å². The molecule has 5 heteroatoms. The predicted molar refractivity (Wildman–Crippen MR) is 37.1 cm³/mol. The normalized spacial score (nSPS) is 8.40. The van der Waals surface area contributed by atoms with Crippen LogP contribution in [0.2, 0.25) is 0 Å². The second kappa shape index (κ2) is 3.90. The molecule has 0 spiro atoms. The van der Waals surface area contributed by atoms with E-state index in [1.807, 2.05) is 0 Å². The fourth-order valence-electron chi connectivity index (χ4n) is 0.536. The molecule has 10 heavy (non-hydrogen) atoms. The lowest BCUT2D eigenvalue weighted by atomic mass is 10.6. The Morgan fingerprint density at radius 1 is 1.70 bits per heavy atom. The molecule has 1 aromatic rings. The standard InChI is InChI=1S/C5H6N2O2.ClH/c8-5(9)3-7-2-1-6-4-7;/h1-2,4H,3H2,(H,8,9);1H. The van der Waals surface area contributed by atoms with Gasteiger partial charge in [-0.1, -0.05) is 0 Å². The highest BCUT2D eigenvalue weighted by Crippen LogP contribution is 1.83. The number of hydrogen-bond donors (Lipinski definition) is 1. The highest BCUT2D eigenvalue weighted by molar-refractivity contribution is 5.85. The van der Waals surface area contributed by atoms with Gasteiger partial charge < -0.3 is 9.67 Å². The molecule has 1 heterocycles. The van der Waals surface area contributed by atoms with Crippen molar-refractivity contribution in [3.63, 3.8) is 0 Å². The van der Waals surface area contributed by atoms with E-state index in [1.165, 1.54) is 10.9 Å². The monoisotopic (exact) mass is 162 g/mol. The number of hydrogen-bond acceptors (Lipinski definition) is 2. The van der Waals surface area contributed by atoms with Crippen LogP contribution in [0.3, 0.4) is 0 Å². The number of halogens is 1. The summed E-state index contributed by atoms with van der Waals surface area (Å²) in [5.41, 5.74) is 0. The van der Waals surface area contributed by atoms with Crippen LogP contribution in [0, 0.1) is 0 Å². The molecule has 0 saturated carbocycles. The van der Waals surface area contributed by atoms with Gasteiger partial charge in [-0.25, -0.2) is 4.98 Å². The molecule has 4 nitrogen and oxygen atoms in total. The summed E-state index contributed by atoms with van der Waals surface area (Å²) in [7, 11) is 0. The van der Waals surface area contributed by atoms with E-state index in [0.717, 1.165) is 0 Å². The number of carbonyl (C=O) groups is 1. The smallest absolute Gasteiger partial charge is 0.323 e. The van der Waals surface area contributed by atoms with Crippen LogP contribution in [0.5, 0.6) is 0 Å². The summed E-state index contributed by atoms with van der Waals surface area (Å²) < 4.78 is 1.49. The second-order valence-electron chi connectivity index (χ2n) is 1.63. The summed E-state index contributed by atoms with van der Waals surface area (Å²) in [6.07, 6.45) is 4.62. The average Bonchev–Trinajstić information content (AvgIpc) is 2.15. The first kappa shape index (κ1) is 8.97. The fraction of sp³-hybridized carbons (Fsp3) is 0.200. The van der Waals surface area contributed by atoms with Crippen molar-refractivity contribution >= 4 is 18.4 Å². The number of aromatic nitrogens is 2. The van der Waals surface area contributed by atoms with Gasteiger partial charge in [0.2, 0.25) is 0 Å². The number of imidazole rings is 1. The molecule has 56 valence electrons. The fourth-order valence-corrected chi connectivity index (χ4v) is 0.536. The van der Waals surface area contributed by atoms with Crippen molar-refractivity contribution in [2.24, 2.45) is 0 Å². The second-order valence-corrected chi connectivity index (χ2v) is 1.63. The van der Waals surface area contributed by atoms with Crippen molar-refractivity contribution in [1.82, 2.24) is 9.55 Å². The number of aliphatic carboxylic acids is 1. The molecular weight excluding hydrogens is 156 g/mol. The molecule has 0 aliphatic carbocycles. The Morgan fingerprint density at radius 2 is 2.40 bits per heavy atom. The van der Waals surface area contributed by atoms with E-state index >= 15 is 0 Å². The Bertz CT molecular complexity index is 197. The summed E-state index contributed by atoms with van der Waals surface area (Å²) in [5.74, 6) is -0.854. The third kappa shape index (κ3) is 2.50. The first-order chi connectivity index (χ1) is 4.29. The van der Waals surface area contributed by atoms with Gasteiger partial charge in [-0.15, -0.1) is 12.4 Å². The minimum absolute atomic E-state index is 0. The number of carboxylic acid groups (broad SMARTS) is 1. The van der Waals surface area contributed by atoms with E-state index < -0.39 is 5.97 Å². The molecule has 1 aromatic heterocycles. The zero-order chi connectivity index (χ0) is 6.69.